The maximum atomic E-state index is 10.9. The van der Waals surface area contributed by atoms with E-state index in [1.807, 2.05) is 13.8 Å². The molecule has 2 unspecified atom stereocenters. The van der Waals surface area contributed by atoms with Crippen molar-refractivity contribution in [2.45, 2.75) is 48.0 Å². The summed E-state index contributed by atoms with van der Waals surface area (Å²) in [6, 6.07) is 0. The molecule has 0 heterocycles. The fraction of sp³-hybridized carbons (Fsp3) is 0.571. The number of hydrogen-bond donors (Lipinski definition) is 0. The van der Waals surface area contributed by atoms with Crippen molar-refractivity contribution in [3.05, 3.63) is 25.3 Å². The van der Waals surface area contributed by atoms with Gasteiger partial charge in [0.25, 0.3) is 0 Å². The minimum Gasteiger partial charge on any atom is -0.460 e. The van der Waals surface area contributed by atoms with Crippen LogP contribution in [0.15, 0.2) is 25.3 Å². The fourth-order valence-corrected chi connectivity index (χ4v) is 3.73. The summed E-state index contributed by atoms with van der Waals surface area (Å²) in [5.74, 6) is -0.724. The largest absolute Gasteiger partial charge is 0.460 e. The average molecular weight is 279 g/mol. The van der Waals surface area contributed by atoms with Gasteiger partial charge in [-0.1, -0.05) is 13.2 Å². The number of ether oxygens (including phenoxy) is 2. The Labute approximate surface area is 124 Å². The molecule has 0 aromatic heterocycles. The van der Waals surface area contributed by atoms with Crippen LogP contribution in [0.3, 0.4) is 0 Å². The van der Waals surface area contributed by atoms with Crippen molar-refractivity contribution in [3.63, 3.8) is 0 Å². The minimum atomic E-state index is -0.362. The lowest BCUT2D eigenvalue weighted by Crippen LogP contribution is -2.15. The van der Waals surface area contributed by atoms with Crippen molar-refractivity contribution in [1.82, 2.24) is 0 Å². The maximum Gasteiger partial charge on any atom is 0.364 e. The Morgan fingerprint density at radius 2 is 1.37 bits per heavy atom. The van der Waals surface area contributed by atoms with E-state index in [0.717, 1.165) is 21.9 Å². The molecular weight excluding hydrogens is 256 g/mol. The van der Waals surface area contributed by atoms with Crippen LogP contribution in [-0.2, 0) is 19.1 Å². The summed E-state index contributed by atoms with van der Waals surface area (Å²) in [5.41, 5.74) is 0. The van der Waals surface area contributed by atoms with E-state index in [1.165, 1.54) is 12.2 Å². The SMILES string of the molecule is C=CC(=O)OC(C)C[CH2][Mg][CH2]CC(C)OC(=O)C=C. The Morgan fingerprint density at radius 3 is 1.68 bits per heavy atom. The molecule has 19 heavy (non-hydrogen) atoms. The molecule has 0 radical (unpaired) electrons. The van der Waals surface area contributed by atoms with Crippen LogP contribution in [0.2, 0.25) is 9.10 Å². The van der Waals surface area contributed by atoms with Gasteiger partial charge in [0, 0.05) is 12.2 Å². The summed E-state index contributed by atoms with van der Waals surface area (Å²) in [4.78, 5) is 21.9. The molecule has 0 bridgehead atoms. The third-order valence-electron chi connectivity index (χ3n) is 2.69. The number of carbonyl (C=O) groups is 2. The highest BCUT2D eigenvalue weighted by atomic mass is 24.5. The van der Waals surface area contributed by atoms with Gasteiger partial charge in [0.15, 0.2) is 0 Å². The monoisotopic (exact) mass is 278 g/mol. The van der Waals surface area contributed by atoms with E-state index in [-0.39, 0.29) is 44.5 Å². The molecular formula is C14H22MgO4. The topological polar surface area (TPSA) is 52.6 Å². The van der Waals surface area contributed by atoms with Crippen LogP contribution >= 0.6 is 0 Å². The van der Waals surface area contributed by atoms with Crippen LogP contribution in [0.4, 0.5) is 0 Å². The van der Waals surface area contributed by atoms with Gasteiger partial charge in [0.2, 0.25) is 0 Å². The summed E-state index contributed by atoms with van der Waals surface area (Å²) >= 11 is -0.189. The molecule has 0 saturated carbocycles. The fourth-order valence-electron chi connectivity index (χ4n) is 1.65. The summed E-state index contributed by atoms with van der Waals surface area (Å²) in [7, 11) is 0. The zero-order chi connectivity index (χ0) is 14.7. The highest BCUT2D eigenvalue weighted by Crippen LogP contribution is 2.07. The van der Waals surface area contributed by atoms with Gasteiger partial charge in [0.05, 0.1) is 12.2 Å². The lowest BCUT2D eigenvalue weighted by Gasteiger charge is -2.12. The summed E-state index contributed by atoms with van der Waals surface area (Å²) in [6.45, 7) is 10.5. The average Bonchev–Trinajstić information content (AvgIpc) is 2.37. The normalized spacial score (nSPS) is 12.7. The van der Waals surface area contributed by atoms with Crippen molar-refractivity contribution in [2.75, 3.05) is 0 Å². The molecule has 0 spiro atoms. The molecule has 2 atom stereocenters. The molecule has 0 aliphatic rings. The zero-order valence-electron chi connectivity index (χ0n) is 11.9. The predicted molar refractivity (Wildman–Crippen MR) is 76.1 cm³/mol. The van der Waals surface area contributed by atoms with Gasteiger partial charge in [-0.25, -0.2) is 9.59 Å². The van der Waals surface area contributed by atoms with E-state index in [2.05, 4.69) is 13.2 Å². The first kappa shape index (κ1) is 18.2. The molecule has 0 rings (SSSR count). The number of hydrogen-bond acceptors (Lipinski definition) is 4. The van der Waals surface area contributed by atoms with Gasteiger partial charge < -0.3 is 9.47 Å². The number of rotatable bonds is 10. The van der Waals surface area contributed by atoms with Gasteiger partial charge in [-0.05, 0) is 26.7 Å². The van der Waals surface area contributed by atoms with Gasteiger partial charge in [-0.2, -0.15) is 0 Å². The lowest BCUT2D eigenvalue weighted by molar-refractivity contribution is -0.143. The maximum absolute atomic E-state index is 10.9. The van der Waals surface area contributed by atoms with Gasteiger partial charge in [-0.3, -0.25) is 0 Å². The first-order valence-electron chi connectivity index (χ1n) is 6.65. The van der Waals surface area contributed by atoms with E-state index in [4.69, 9.17) is 9.47 Å². The quantitative estimate of drug-likeness (QED) is 0.267. The summed E-state index contributed by atoms with van der Waals surface area (Å²) in [5, 5.41) is 0. The lowest BCUT2D eigenvalue weighted by atomic mass is 10.3. The van der Waals surface area contributed by atoms with Gasteiger partial charge in [0.1, 0.15) is 0 Å². The van der Waals surface area contributed by atoms with Crippen molar-refractivity contribution in [2.24, 2.45) is 0 Å². The summed E-state index contributed by atoms with van der Waals surface area (Å²) < 4.78 is 12.4. The van der Waals surface area contributed by atoms with E-state index in [1.54, 1.807) is 0 Å². The minimum absolute atomic E-state index is 0.0472. The van der Waals surface area contributed by atoms with Crippen LogP contribution in [0, 0.1) is 0 Å². The zero-order valence-corrected chi connectivity index (χ0v) is 13.3. The van der Waals surface area contributed by atoms with E-state index in [9.17, 15) is 9.59 Å². The van der Waals surface area contributed by atoms with Crippen molar-refractivity contribution in [3.8, 4) is 0 Å². The first-order valence-corrected chi connectivity index (χ1v) is 8.65. The van der Waals surface area contributed by atoms with Gasteiger partial charge in [-0.15, -0.1) is 9.10 Å². The smallest absolute Gasteiger partial charge is 0.364 e. The second-order valence-electron chi connectivity index (χ2n) is 4.54. The highest BCUT2D eigenvalue weighted by molar-refractivity contribution is 6.35. The second kappa shape index (κ2) is 11.0. The van der Waals surface area contributed by atoms with Crippen molar-refractivity contribution < 1.29 is 19.1 Å². The van der Waals surface area contributed by atoms with E-state index in [0.29, 0.717) is 0 Å². The van der Waals surface area contributed by atoms with Crippen molar-refractivity contribution in [1.29, 1.82) is 0 Å². The van der Waals surface area contributed by atoms with Crippen molar-refractivity contribution >= 4 is 32.3 Å². The standard InChI is InChI=1S/2C7H11O2.Mg/c2*1-4-6(3)9-7(8)5-2;/h2*5-6H,1-2,4H2,3H3;. The van der Waals surface area contributed by atoms with Crippen LogP contribution in [0.5, 0.6) is 0 Å². The van der Waals surface area contributed by atoms with Crippen LogP contribution < -0.4 is 0 Å². The number of esters is 2. The molecule has 0 amide bonds. The Balaban J connectivity index is 3.54. The van der Waals surface area contributed by atoms with E-state index < -0.39 is 0 Å². The van der Waals surface area contributed by atoms with E-state index >= 15 is 0 Å². The Kier molecular flexibility index (Phi) is 10.6. The van der Waals surface area contributed by atoms with Crippen LogP contribution in [-0.4, -0.2) is 44.5 Å². The number of carbonyl (C=O) groups excluding carboxylic acids is 2. The Bertz CT molecular complexity index is 285. The third-order valence-corrected chi connectivity index (χ3v) is 4.51. The molecule has 0 aromatic carbocycles. The second-order valence-corrected chi connectivity index (χ2v) is 6.66. The van der Waals surface area contributed by atoms with Crippen LogP contribution in [0.25, 0.3) is 0 Å². The highest BCUT2D eigenvalue weighted by Gasteiger charge is 2.09. The molecule has 0 saturated heterocycles. The van der Waals surface area contributed by atoms with Crippen LogP contribution in [0.1, 0.15) is 26.7 Å². The Morgan fingerprint density at radius 1 is 1.00 bits per heavy atom. The molecule has 0 N–H and O–H groups in total. The third kappa shape index (κ3) is 10.8. The summed E-state index contributed by atoms with van der Waals surface area (Å²) in [6.07, 6.45) is 4.06. The molecule has 5 heteroatoms. The molecule has 0 fully saturated rings. The Hall–Kier alpha value is -0.814. The predicted octanol–water partition coefficient (Wildman–Crippen LogP) is 2.54. The van der Waals surface area contributed by atoms with Gasteiger partial charge >= 0.3 is 32.3 Å². The molecule has 4 nitrogen and oxygen atoms in total. The molecule has 0 aliphatic heterocycles. The molecule has 104 valence electrons. The first-order chi connectivity index (χ1) is 8.99. The molecule has 0 aliphatic carbocycles. The molecule has 0 aromatic rings.